The summed E-state index contributed by atoms with van der Waals surface area (Å²) in [4.78, 5) is 23.3. The van der Waals surface area contributed by atoms with Crippen molar-refractivity contribution in [3.05, 3.63) is 20.8 Å². The molecule has 1 amide bonds. The molecule has 1 heterocycles. The summed E-state index contributed by atoms with van der Waals surface area (Å²) in [6, 6.07) is 0.931. The molecule has 0 saturated carbocycles. The van der Waals surface area contributed by atoms with E-state index < -0.39 is 12.0 Å². The molecule has 0 aliphatic heterocycles. The van der Waals surface area contributed by atoms with Crippen LogP contribution in [0.1, 0.15) is 16.1 Å². The Hall–Kier alpha value is -0.530. The third-order valence-corrected chi connectivity index (χ3v) is 4.52. The zero-order valence-electron chi connectivity index (χ0n) is 9.10. The molecular weight excluding hydrogens is 326 g/mol. The number of amides is 1. The van der Waals surface area contributed by atoms with Crippen LogP contribution in [-0.2, 0) is 4.79 Å². The average molecular weight is 338 g/mol. The first-order valence-corrected chi connectivity index (χ1v) is 7.88. The lowest BCUT2D eigenvalue weighted by Crippen LogP contribution is -2.41. The smallest absolute Gasteiger partial charge is 0.326 e. The van der Waals surface area contributed by atoms with Crippen LogP contribution in [0.5, 0.6) is 0 Å². The van der Waals surface area contributed by atoms with Gasteiger partial charge in [0.15, 0.2) is 0 Å². The molecule has 0 aromatic carbocycles. The minimum Gasteiger partial charge on any atom is -0.480 e. The van der Waals surface area contributed by atoms with E-state index in [0.29, 0.717) is 21.5 Å². The Morgan fingerprint density at radius 2 is 2.35 bits per heavy atom. The summed E-state index contributed by atoms with van der Waals surface area (Å²) in [5, 5.41) is 13.3. The zero-order valence-corrected chi connectivity index (χ0v) is 12.3. The summed E-state index contributed by atoms with van der Waals surface area (Å²) in [5.74, 6) is -0.650. The number of carboxylic acid groups (broad SMARTS) is 1. The van der Waals surface area contributed by atoms with Gasteiger partial charge in [-0.05, 0) is 45.8 Å². The molecule has 2 N–H and O–H groups in total. The second kappa shape index (κ2) is 7.03. The number of nitrogens with one attached hydrogen (secondary N) is 1. The Bertz CT molecular complexity index is 408. The van der Waals surface area contributed by atoms with Crippen molar-refractivity contribution in [1.29, 1.82) is 0 Å². The Morgan fingerprint density at radius 1 is 1.65 bits per heavy atom. The van der Waals surface area contributed by atoms with Gasteiger partial charge in [-0.25, -0.2) is 4.79 Å². The second-order valence-corrected chi connectivity index (χ2v) is 6.00. The summed E-state index contributed by atoms with van der Waals surface area (Å²) in [6.45, 7) is 0. The van der Waals surface area contributed by atoms with Crippen molar-refractivity contribution in [3.8, 4) is 0 Å². The molecule has 1 atom stereocenters. The van der Waals surface area contributed by atoms with Crippen molar-refractivity contribution >= 4 is 50.9 Å². The lowest BCUT2D eigenvalue weighted by molar-refractivity contribution is -0.139. The van der Waals surface area contributed by atoms with Gasteiger partial charge in [-0.3, -0.25) is 4.79 Å². The molecule has 1 aromatic rings. The van der Waals surface area contributed by atoms with Gasteiger partial charge in [0.2, 0.25) is 0 Å². The summed E-state index contributed by atoms with van der Waals surface area (Å²) >= 11 is 6.08. The maximum absolute atomic E-state index is 11.8. The van der Waals surface area contributed by atoms with E-state index in [9.17, 15) is 9.59 Å². The number of carbonyl (C=O) groups excluding carboxylic acids is 1. The number of hydrogen-bond donors (Lipinski definition) is 2. The number of carbonyl (C=O) groups is 2. The van der Waals surface area contributed by atoms with Crippen LogP contribution in [0, 0.1) is 0 Å². The average Bonchev–Trinajstić information content (AvgIpc) is 2.70. The second-order valence-electron chi connectivity index (χ2n) is 3.24. The Balaban J connectivity index is 2.64. The van der Waals surface area contributed by atoms with E-state index in [2.05, 4.69) is 21.2 Å². The highest BCUT2D eigenvalue weighted by Gasteiger charge is 2.21. The normalized spacial score (nSPS) is 12.1. The fraction of sp³-hybridized carbons (Fsp3) is 0.400. The van der Waals surface area contributed by atoms with E-state index in [1.165, 1.54) is 11.3 Å². The third-order valence-electron chi connectivity index (χ3n) is 2.04. The highest BCUT2D eigenvalue weighted by atomic mass is 79.9. The number of rotatable bonds is 6. The molecule has 17 heavy (non-hydrogen) atoms. The maximum Gasteiger partial charge on any atom is 0.326 e. The molecule has 0 saturated heterocycles. The molecule has 0 aliphatic rings. The van der Waals surface area contributed by atoms with Crippen LogP contribution in [-0.4, -0.2) is 35.0 Å². The molecule has 0 bridgehead atoms. The van der Waals surface area contributed by atoms with Crippen molar-refractivity contribution in [3.63, 3.8) is 0 Å². The largest absolute Gasteiger partial charge is 0.480 e. The minimum atomic E-state index is -1.000. The molecule has 0 spiro atoms. The molecule has 1 unspecified atom stereocenters. The Kier molecular flexibility index (Phi) is 6.01. The SMILES string of the molecule is CSCCC(NC(=O)c1sccc1Br)C(=O)O. The van der Waals surface area contributed by atoms with E-state index in [1.807, 2.05) is 6.26 Å². The zero-order chi connectivity index (χ0) is 12.8. The van der Waals surface area contributed by atoms with Gasteiger partial charge in [0.1, 0.15) is 10.9 Å². The monoisotopic (exact) mass is 337 g/mol. The topological polar surface area (TPSA) is 66.4 Å². The predicted molar refractivity (Wildman–Crippen MR) is 73.9 cm³/mol. The number of thioether (sulfide) groups is 1. The van der Waals surface area contributed by atoms with E-state index in [4.69, 9.17) is 5.11 Å². The van der Waals surface area contributed by atoms with Crippen LogP contribution >= 0.6 is 39.0 Å². The summed E-state index contributed by atoms with van der Waals surface area (Å²) < 4.78 is 0.689. The van der Waals surface area contributed by atoms with Crippen LogP contribution in [0.2, 0.25) is 0 Å². The number of thiophene rings is 1. The van der Waals surface area contributed by atoms with Gasteiger partial charge >= 0.3 is 5.97 Å². The lowest BCUT2D eigenvalue weighted by Gasteiger charge is -2.13. The van der Waals surface area contributed by atoms with Gasteiger partial charge in [-0.15, -0.1) is 11.3 Å². The van der Waals surface area contributed by atoms with Crippen LogP contribution < -0.4 is 5.32 Å². The molecular formula is C10H12BrNO3S2. The summed E-state index contributed by atoms with van der Waals surface area (Å²) in [5.41, 5.74) is 0. The summed E-state index contributed by atoms with van der Waals surface area (Å²) in [7, 11) is 0. The predicted octanol–water partition coefficient (Wildman–Crippen LogP) is 2.45. The molecule has 0 aliphatic carbocycles. The van der Waals surface area contributed by atoms with Gasteiger partial charge in [0.05, 0.1) is 0 Å². The van der Waals surface area contributed by atoms with E-state index in [1.54, 1.807) is 23.2 Å². The Morgan fingerprint density at radius 3 is 2.82 bits per heavy atom. The maximum atomic E-state index is 11.8. The van der Waals surface area contributed by atoms with Crippen molar-refractivity contribution < 1.29 is 14.7 Å². The number of hydrogen-bond acceptors (Lipinski definition) is 4. The van der Waals surface area contributed by atoms with E-state index in [-0.39, 0.29) is 5.91 Å². The first-order chi connectivity index (χ1) is 8.06. The molecule has 4 nitrogen and oxygen atoms in total. The van der Waals surface area contributed by atoms with Crippen LogP contribution in [0.4, 0.5) is 0 Å². The van der Waals surface area contributed by atoms with Crippen molar-refractivity contribution in [2.24, 2.45) is 0 Å². The van der Waals surface area contributed by atoms with Crippen LogP contribution in [0.25, 0.3) is 0 Å². The fourth-order valence-electron chi connectivity index (χ4n) is 1.17. The highest BCUT2D eigenvalue weighted by molar-refractivity contribution is 9.10. The van der Waals surface area contributed by atoms with Crippen molar-refractivity contribution in [2.45, 2.75) is 12.5 Å². The van der Waals surface area contributed by atoms with Gasteiger partial charge < -0.3 is 10.4 Å². The van der Waals surface area contributed by atoms with Gasteiger partial charge in [0, 0.05) is 4.47 Å². The minimum absolute atomic E-state index is 0.347. The van der Waals surface area contributed by atoms with Gasteiger partial charge in [0.25, 0.3) is 5.91 Å². The Labute approximate surface area is 116 Å². The number of halogens is 1. The first-order valence-electron chi connectivity index (χ1n) is 4.82. The number of carboxylic acids is 1. The number of aliphatic carboxylic acids is 1. The molecule has 94 valence electrons. The van der Waals surface area contributed by atoms with Crippen LogP contribution in [0.3, 0.4) is 0 Å². The molecule has 7 heteroatoms. The van der Waals surface area contributed by atoms with E-state index >= 15 is 0 Å². The fourth-order valence-corrected chi connectivity index (χ4v) is 3.10. The van der Waals surface area contributed by atoms with Crippen molar-refractivity contribution in [2.75, 3.05) is 12.0 Å². The molecule has 0 radical (unpaired) electrons. The molecule has 1 rings (SSSR count). The molecule has 0 fully saturated rings. The third kappa shape index (κ3) is 4.33. The highest BCUT2D eigenvalue weighted by Crippen LogP contribution is 2.22. The standard InChI is InChI=1S/C10H12BrNO3S2/c1-16-4-3-7(10(14)15)12-9(13)8-6(11)2-5-17-8/h2,5,7H,3-4H2,1H3,(H,12,13)(H,14,15). The van der Waals surface area contributed by atoms with Crippen LogP contribution in [0.15, 0.2) is 15.9 Å². The lowest BCUT2D eigenvalue weighted by atomic mass is 10.2. The van der Waals surface area contributed by atoms with Crippen molar-refractivity contribution in [1.82, 2.24) is 5.32 Å². The van der Waals surface area contributed by atoms with Gasteiger partial charge in [-0.2, -0.15) is 11.8 Å². The quantitative estimate of drug-likeness (QED) is 0.836. The van der Waals surface area contributed by atoms with Gasteiger partial charge in [-0.1, -0.05) is 0 Å². The van der Waals surface area contributed by atoms with E-state index in [0.717, 1.165) is 0 Å². The first kappa shape index (κ1) is 14.5. The molecule has 1 aromatic heterocycles. The summed E-state index contributed by atoms with van der Waals surface area (Å²) in [6.07, 6.45) is 2.32.